The van der Waals surface area contributed by atoms with Gasteiger partial charge in [0.1, 0.15) is 5.01 Å². The van der Waals surface area contributed by atoms with Gasteiger partial charge in [-0.1, -0.05) is 18.2 Å². The van der Waals surface area contributed by atoms with Crippen LogP contribution in [0.2, 0.25) is 0 Å². The first-order chi connectivity index (χ1) is 14.4. The first kappa shape index (κ1) is 20.9. The average molecular weight is 446 g/mol. The SMILES string of the molecule is COC(=O)c1cccc(S(=O)(=O)N2CCN(C(C)c3nc4ccccc4s3)CC2)c1. The predicted molar refractivity (Wildman–Crippen MR) is 116 cm³/mol. The Labute approximate surface area is 179 Å². The zero-order valence-corrected chi connectivity index (χ0v) is 18.4. The Kier molecular flexibility index (Phi) is 5.88. The molecular weight excluding hydrogens is 422 g/mol. The Bertz CT molecular complexity index is 1130. The minimum absolute atomic E-state index is 0.109. The van der Waals surface area contributed by atoms with Crippen molar-refractivity contribution in [3.8, 4) is 0 Å². The molecule has 7 nitrogen and oxygen atoms in total. The molecule has 2 aromatic carbocycles. The summed E-state index contributed by atoms with van der Waals surface area (Å²) in [7, 11) is -2.40. The number of para-hydroxylation sites is 1. The number of ether oxygens (including phenoxy) is 1. The van der Waals surface area contributed by atoms with Crippen LogP contribution in [0.4, 0.5) is 0 Å². The molecule has 3 aromatic rings. The lowest BCUT2D eigenvalue weighted by atomic mass is 10.2. The number of methoxy groups -OCH3 is 1. The molecule has 9 heteroatoms. The number of piperazine rings is 1. The number of aromatic nitrogens is 1. The summed E-state index contributed by atoms with van der Waals surface area (Å²) < 4.78 is 33.4. The standard InChI is InChI=1S/C21H23N3O4S2/c1-15(20-22-18-8-3-4-9-19(18)29-20)23-10-12-24(13-11-23)30(26,27)17-7-5-6-16(14-17)21(25)28-2/h3-9,14-15H,10-13H2,1-2H3. The van der Waals surface area contributed by atoms with Crippen molar-refractivity contribution in [2.24, 2.45) is 0 Å². The molecule has 0 spiro atoms. The van der Waals surface area contributed by atoms with Crippen LogP contribution in [0.1, 0.15) is 28.3 Å². The van der Waals surface area contributed by atoms with Crippen molar-refractivity contribution in [1.82, 2.24) is 14.2 Å². The van der Waals surface area contributed by atoms with Gasteiger partial charge >= 0.3 is 5.97 Å². The van der Waals surface area contributed by atoms with E-state index >= 15 is 0 Å². The molecule has 4 rings (SSSR count). The summed E-state index contributed by atoms with van der Waals surface area (Å²) in [6, 6.07) is 14.2. The third kappa shape index (κ3) is 3.98. The molecule has 0 amide bonds. The molecule has 0 bridgehead atoms. The van der Waals surface area contributed by atoms with E-state index in [0.29, 0.717) is 26.2 Å². The summed E-state index contributed by atoms with van der Waals surface area (Å²) in [5.41, 5.74) is 1.22. The summed E-state index contributed by atoms with van der Waals surface area (Å²) in [6.45, 7) is 4.13. The molecule has 0 N–H and O–H groups in total. The van der Waals surface area contributed by atoms with Crippen molar-refractivity contribution in [1.29, 1.82) is 0 Å². The zero-order valence-electron chi connectivity index (χ0n) is 16.8. The maximum absolute atomic E-state index is 13.1. The maximum atomic E-state index is 13.1. The fourth-order valence-corrected chi connectivity index (χ4v) is 6.13. The van der Waals surface area contributed by atoms with Crippen molar-refractivity contribution in [2.45, 2.75) is 17.9 Å². The molecule has 0 saturated carbocycles. The molecule has 1 aliphatic heterocycles. The van der Waals surface area contributed by atoms with Gasteiger partial charge in [-0.2, -0.15) is 4.31 Å². The summed E-state index contributed by atoms with van der Waals surface area (Å²) in [5, 5.41) is 1.04. The van der Waals surface area contributed by atoms with E-state index in [0.717, 1.165) is 15.2 Å². The van der Waals surface area contributed by atoms with Crippen molar-refractivity contribution in [3.05, 3.63) is 59.1 Å². The first-order valence-corrected chi connectivity index (χ1v) is 11.9. The van der Waals surface area contributed by atoms with Crippen molar-refractivity contribution >= 4 is 37.5 Å². The van der Waals surface area contributed by atoms with Crippen molar-refractivity contribution in [3.63, 3.8) is 0 Å². The monoisotopic (exact) mass is 445 g/mol. The minimum Gasteiger partial charge on any atom is -0.465 e. The number of nitrogens with zero attached hydrogens (tertiary/aromatic N) is 3. The number of carbonyl (C=O) groups is 1. The van der Waals surface area contributed by atoms with E-state index in [1.54, 1.807) is 23.5 Å². The number of hydrogen-bond acceptors (Lipinski definition) is 7. The second-order valence-electron chi connectivity index (χ2n) is 7.16. The molecule has 1 atom stereocenters. The lowest BCUT2D eigenvalue weighted by Gasteiger charge is -2.36. The van der Waals surface area contributed by atoms with Crippen LogP contribution in [-0.2, 0) is 14.8 Å². The Balaban J connectivity index is 1.46. The number of hydrogen-bond donors (Lipinski definition) is 0. The fraction of sp³-hybridized carbons (Fsp3) is 0.333. The normalized spacial score (nSPS) is 17.1. The van der Waals surface area contributed by atoms with Crippen LogP contribution in [0.3, 0.4) is 0 Å². The van der Waals surface area contributed by atoms with E-state index in [1.807, 2.05) is 18.2 Å². The van der Waals surface area contributed by atoms with Crippen LogP contribution in [0.25, 0.3) is 10.2 Å². The Morgan fingerprint density at radius 3 is 2.53 bits per heavy atom. The first-order valence-electron chi connectivity index (χ1n) is 9.68. The van der Waals surface area contributed by atoms with Gasteiger partial charge < -0.3 is 4.74 Å². The zero-order chi connectivity index (χ0) is 21.3. The number of carbonyl (C=O) groups excluding carboxylic acids is 1. The van der Waals surface area contributed by atoms with E-state index in [-0.39, 0.29) is 16.5 Å². The lowest BCUT2D eigenvalue weighted by Crippen LogP contribution is -2.49. The highest BCUT2D eigenvalue weighted by Gasteiger charge is 2.31. The molecule has 158 valence electrons. The number of esters is 1. The molecule has 0 aliphatic carbocycles. The lowest BCUT2D eigenvalue weighted by molar-refractivity contribution is 0.0600. The highest BCUT2D eigenvalue weighted by Crippen LogP contribution is 2.30. The molecule has 1 aliphatic rings. The summed E-state index contributed by atoms with van der Waals surface area (Å²) >= 11 is 1.68. The molecule has 1 unspecified atom stereocenters. The van der Waals surface area contributed by atoms with Gasteiger partial charge in [0, 0.05) is 26.2 Å². The summed E-state index contributed by atoms with van der Waals surface area (Å²) in [4.78, 5) is 18.9. The molecule has 1 fully saturated rings. The number of thiazole rings is 1. The highest BCUT2D eigenvalue weighted by molar-refractivity contribution is 7.89. The van der Waals surface area contributed by atoms with Gasteiger partial charge in [-0.05, 0) is 37.3 Å². The molecular formula is C21H23N3O4S2. The van der Waals surface area contributed by atoms with Crippen LogP contribution >= 0.6 is 11.3 Å². The third-order valence-electron chi connectivity index (χ3n) is 5.38. The van der Waals surface area contributed by atoms with E-state index in [1.165, 1.54) is 23.5 Å². The molecule has 0 radical (unpaired) electrons. The van der Waals surface area contributed by atoms with Crippen molar-refractivity contribution in [2.75, 3.05) is 33.3 Å². The predicted octanol–water partition coefficient (Wildman–Crippen LogP) is 3.15. The van der Waals surface area contributed by atoms with E-state index in [9.17, 15) is 13.2 Å². The number of rotatable bonds is 5. The minimum atomic E-state index is -3.67. The topological polar surface area (TPSA) is 79.8 Å². The second-order valence-corrected chi connectivity index (χ2v) is 10.2. The quantitative estimate of drug-likeness (QED) is 0.562. The van der Waals surface area contributed by atoms with Crippen LogP contribution in [0, 0.1) is 0 Å². The van der Waals surface area contributed by atoms with Crippen LogP contribution in [0.15, 0.2) is 53.4 Å². The van der Waals surface area contributed by atoms with Crippen LogP contribution in [0.5, 0.6) is 0 Å². The van der Waals surface area contributed by atoms with Crippen LogP contribution in [-0.4, -0.2) is 61.9 Å². The third-order valence-corrected chi connectivity index (χ3v) is 8.48. The van der Waals surface area contributed by atoms with E-state index < -0.39 is 16.0 Å². The molecule has 1 saturated heterocycles. The number of fused-ring (bicyclic) bond motifs is 1. The Morgan fingerprint density at radius 2 is 1.83 bits per heavy atom. The van der Waals surface area contributed by atoms with Gasteiger partial charge in [0.05, 0.1) is 33.8 Å². The van der Waals surface area contributed by atoms with E-state index in [2.05, 4.69) is 17.9 Å². The highest BCUT2D eigenvalue weighted by atomic mass is 32.2. The Hall–Kier alpha value is -2.33. The Morgan fingerprint density at radius 1 is 1.10 bits per heavy atom. The van der Waals surface area contributed by atoms with Crippen molar-refractivity contribution < 1.29 is 17.9 Å². The van der Waals surface area contributed by atoms with E-state index in [4.69, 9.17) is 9.72 Å². The smallest absolute Gasteiger partial charge is 0.337 e. The second kappa shape index (κ2) is 8.43. The molecule has 1 aromatic heterocycles. The van der Waals surface area contributed by atoms with Crippen LogP contribution < -0.4 is 0 Å². The average Bonchev–Trinajstić information content (AvgIpc) is 3.22. The van der Waals surface area contributed by atoms with Gasteiger partial charge in [-0.25, -0.2) is 18.2 Å². The van der Waals surface area contributed by atoms with Gasteiger partial charge in [0.2, 0.25) is 10.0 Å². The number of sulfonamides is 1. The van der Waals surface area contributed by atoms with Gasteiger partial charge in [-0.3, -0.25) is 4.90 Å². The molecule has 30 heavy (non-hydrogen) atoms. The van der Waals surface area contributed by atoms with Gasteiger partial charge in [-0.15, -0.1) is 11.3 Å². The fourth-order valence-electron chi connectivity index (χ4n) is 3.61. The summed E-state index contributed by atoms with van der Waals surface area (Å²) in [6.07, 6.45) is 0. The maximum Gasteiger partial charge on any atom is 0.337 e. The van der Waals surface area contributed by atoms with Gasteiger partial charge in [0.25, 0.3) is 0 Å². The number of benzene rings is 2. The summed E-state index contributed by atoms with van der Waals surface area (Å²) in [5.74, 6) is -0.554. The molecule has 2 heterocycles. The van der Waals surface area contributed by atoms with Gasteiger partial charge in [0.15, 0.2) is 0 Å². The largest absolute Gasteiger partial charge is 0.465 e.